The second-order valence-corrected chi connectivity index (χ2v) is 6.65. The van der Waals surface area contributed by atoms with E-state index < -0.39 is 17.7 Å². The second kappa shape index (κ2) is 6.64. The van der Waals surface area contributed by atoms with E-state index in [0.717, 1.165) is 0 Å². The van der Waals surface area contributed by atoms with Gasteiger partial charge in [-0.2, -0.15) is 0 Å². The summed E-state index contributed by atoms with van der Waals surface area (Å²) >= 11 is 3.09. The third-order valence-corrected chi connectivity index (χ3v) is 4.41. The van der Waals surface area contributed by atoms with Gasteiger partial charge in [-0.05, 0) is 52.9 Å². The Bertz CT molecular complexity index is 609. The molecule has 2 unspecified atom stereocenters. The summed E-state index contributed by atoms with van der Waals surface area (Å²) in [7, 11) is 0. The minimum Gasteiger partial charge on any atom is -0.481 e. The molecule has 7 heteroatoms. The minimum absolute atomic E-state index is 0.127. The number of halogens is 2. The van der Waals surface area contributed by atoms with Gasteiger partial charge < -0.3 is 15.3 Å². The zero-order chi connectivity index (χ0) is 16.4. The molecule has 1 aromatic rings. The standard InChI is InChI=1S/C15H18BrFN2O3/c1-8-3-10(14(20)21)7-19(6-8)15(22)18-13-5-11(16)12(17)4-9(13)2/h4-5,8,10H,3,6-7H2,1-2H3,(H,18,22)(H,20,21). The Morgan fingerprint density at radius 1 is 1.41 bits per heavy atom. The lowest BCUT2D eigenvalue weighted by molar-refractivity contribution is -0.143. The van der Waals surface area contributed by atoms with E-state index in [-0.39, 0.29) is 23.0 Å². The molecule has 1 aliphatic rings. The lowest BCUT2D eigenvalue weighted by atomic mass is 9.91. The lowest BCUT2D eigenvalue weighted by Crippen LogP contribution is -2.47. The van der Waals surface area contributed by atoms with Crippen molar-refractivity contribution in [2.45, 2.75) is 20.3 Å². The van der Waals surface area contributed by atoms with Gasteiger partial charge in [0.15, 0.2) is 0 Å². The maximum Gasteiger partial charge on any atom is 0.321 e. The Morgan fingerprint density at radius 3 is 2.73 bits per heavy atom. The van der Waals surface area contributed by atoms with E-state index in [1.165, 1.54) is 17.0 Å². The van der Waals surface area contributed by atoms with Crippen molar-refractivity contribution >= 4 is 33.6 Å². The first kappa shape index (κ1) is 16.7. The zero-order valence-electron chi connectivity index (χ0n) is 12.4. The number of carboxylic acids is 1. The first-order chi connectivity index (χ1) is 10.3. The number of nitrogens with zero attached hydrogens (tertiary/aromatic N) is 1. The summed E-state index contributed by atoms with van der Waals surface area (Å²) in [5.41, 5.74) is 1.11. The van der Waals surface area contributed by atoms with Crippen molar-refractivity contribution < 1.29 is 19.1 Å². The number of likely N-dealkylation sites (tertiary alicyclic amines) is 1. The van der Waals surface area contributed by atoms with Crippen LogP contribution >= 0.6 is 15.9 Å². The van der Waals surface area contributed by atoms with Crippen molar-refractivity contribution in [3.8, 4) is 0 Å². The van der Waals surface area contributed by atoms with Crippen LogP contribution in [-0.4, -0.2) is 35.1 Å². The Kier molecular flexibility index (Phi) is 5.05. The molecule has 1 aromatic carbocycles. The average Bonchev–Trinajstić information content (AvgIpc) is 2.43. The van der Waals surface area contributed by atoms with E-state index in [1.54, 1.807) is 6.92 Å². The summed E-state index contributed by atoms with van der Waals surface area (Å²) in [4.78, 5) is 25.0. The van der Waals surface area contributed by atoms with Crippen molar-refractivity contribution in [3.63, 3.8) is 0 Å². The highest BCUT2D eigenvalue weighted by Crippen LogP contribution is 2.26. The van der Waals surface area contributed by atoms with Gasteiger partial charge in [-0.3, -0.25) is 4.79 Å². The van der Waals surface area contributed by atoms with Gasteiger partial charge in [-0.15, -0.1) is 0 Å². The maximum absolute atomic E-state index is 13.4. The number of aliphatic carboxylic acids is 1. The molecular formula is C15H18BrFN2O3. The van der Waals surface area contributed by atoms with E-state index in [0.29, 0.717) is 24.2 Å². The molecule has 1 fully saturated rings. The largest absolute Gasteiger partial charge is 0.481 e. The summed E-state index contributed by atoms with van der Waals surface area (Å²) in [6, 6.07) is 2.47. The lowest BCUT2D eigenvalue weighted by Gasteiger charge is -2.34. The van der Waals surface area contributed by atoms with Crippen LogP contribution in [-0.2, 0) is 4.79 Å². The van der Waals surface area contributed by atoms with Gasteiger partial charge in [-0.25, -0.2) is 9.18 Å². The average molecular weight is 373 g/mol. The van der Waals surface area contributed by atoms with Crippen molar-refractivity contribution in [2.75, 3.05) is 18.4 Å². The third kappa shape index (κ3) is 3.76. The van der Waals surface area contributed by atoms with E-state index in [2.05, 4.69) is 21.2 Å². The molecule has 2 N–H and O–H groups in total. The van der Waals surface area contributed by atoms with Gasteiger partial charge in [0.25, 0.3) is 0 Å². The SMILES string of the molecule is Cc1cc(F)c(Br)cc1NC(=O)N1CC(C)CC(C(=O)O)C1. The normalized spacial score (nSPS) is 21.5. The van der Waals surface area contributed by atoms with Crippen LogP contribution in [0.3, 0.4) is 0 Å². The number of anilines is 1. The molecule has 22 heavy (non-hydrogen) atoms. The van der Waals surface area contributed by atoms with Gasteiger partial charge in [-0.1, -0.05) is 6.92 Å². The molecule has 5 nitrogen and oxygen atoms in total. The first-order valence-corrected chi connectivity index (χ1v) is 7.81. The van der Waals surface area contributed by atoms with Crippen LogP contribution < -0.4 is 5.32 Å². The van der Waals surface area contributed by atoms with E-state index in [1.807, 2.05) is 6.92 Å². The Balaban J connectivity index is 2.11. The predicted molar refractivity (Wildman–Crippen MR) is 84.3 cm³/mol. The van der Waals surface area contributed by atoms with Crippen LogP contribution in [0.4, 0.5) is 14.9 Å². The zero-order valence-corrected chi connectivity index (χ0v) is 14.0. The molecule has 0 spiro atoms. The van der Waals surface area contributed by atoms with Crippen LogP contribution in [0.25, 0.3) is 0 Å². The number of carbonyl (C=O) groups is 2. The summed E-state index contributed by atoms with van der Waals surface area (Å²) in [5.74, 6) is -1.70. The van der Waals surface area contributed by atoms with Crippen molar-refractivity contribution in [2.24, 2.45) is 11.8 Å². The quantitative estimate of drug-likeness (QED) is 0.834. The number of urea groups is 1. The number of carbonyl (C=O) groups excluding carboxylic acids is 1. The fraction of sp³-hybridized carbons (Fsp3) is 0.467. The first-order valence-electron chi connectivity index (χ1n) is 7.02. The molecule has 1 aliphatic heterocycles. The maximum atomic E-state index is 13.4. The van der Waals surface area contributed by atoms with E-state index in [9.17, 15) is 14.0 Å². The van der Waals surface area contributed by atoms with Crippen molar-refractivity contribution in [1.29, 1.82) is 0 Å². The van der Waals surface area contributed by atoms with Crippen LogP contribution in [0.5, 0.6) is 0 Å². The highest BCUT2D eigenvalue weighted by Gasteiger charge is 2.32. The van der Waals surface area contributed by atoms with Crippen molar-refractivity contribution in [1.82, 2.24) is 4.90 Å². The Hall–Kier alpha value is -1.63. The second-order valence-electron chi connectivity index (χ2n) is 5.79. The van der Waals surface area contributed by atoms with Gasteiger partial charge in [0.2, 0.25) is 0 Å². The summed E-state index contributed by atoms with van der Waals surface area (Å²) in [6.45, 7) is 4.32. The monoisotopic (exact) mass is 372 g/mol. The number of benzene rings is 1. The molecule has 2 amide bonds. The molecule has 120 valence electrons. The number of rotatable bonds is 2. The van der Waals surface area contributed by atoms with Gasteiger partial charge >= 0.3 is 12.0 Å². The predicted octanol–water partition coefficient (Wildman–Crippen LogP) is 3.47. The van der Waals surface area contributed by atoms with Gasteiger partial charge in [0, 0.05) is 18.8 Å². The number of amides is 2. The van der Waals surface area contributed by atoms with Gasteiger partial charge in [0.1, 0.15) is 5.82 Å². The summed E-state index contributed by atoms with van der Waals surface area (Å²) in [6.07, 6.45) is 0.570. The molecule has 0 saturated carbocycles. The molecule has 2 atom stereocenters. The van der Waals surface area contributed by atoms with Crippen LogP contribution in [0.1, 0.15) is 18.9 Å². The molecule has 1 saturated heterocycles. The Labute approximate surface area is 136 Å². The molecule has 2 rings (SSSR count). The number of aryl methyl sites for hydroxylation is 1. The summed E-state index contributed by atoms with van der Waals surface area (Å²) < 4.78 is 13.7. The fourth-order valence-corrected chi connectivity index (χ4v) is 3.01. The van der Waals surface area contributed by atoms with Crippen LogP contribution in [0.2, 0.25) is 0 Å². The topological polar surface area (TPSA) is 69.6 Å². The minimum atomic E-state index is -0.884. The number of nitrogens with one attached hydrogen (secondary N) is 1. The molecule has 0 radical (unpaired) electrons. The van der Waals surface area contributed by atoms with Gasteiger partial charge in [0.05, 0.1) is 10.4 Å². The molecule has 0 aliphatic carbocycles. The Morgan fingerprint density at radius 2 is 2.09 bits per heavy atom. The number of carboxylic acid groups (broad SMARTS) is 1. The van der Waals surface area contributed by atoms with E-state index in [4.69, 9.17) is 5.11 Å². The van der Waals surface area contributed by atoms with Crippen LogP contribution in [0.15, 0.2) is 16.6 Å². The van der Waals surface area contributed by atoms with E-state index >= 15 is 0 Å². The fourth-order valence-electron chi connectivity index (χ4n) is 2.67. The molecule has 0 bridgehead atoms. The van der Waals surface area contributed by atoms with Crippen molar-refractivity contribution in [3.05, 3.63) is 28.0 Å². The number of hydrogen-bond acceptors (Lipinski definition) is 2. The molecule has 0 aromatic heterocycles. The summed E-state index contributed by atoms with van der Waals surface area (Å²) in [5, 5.41) is 11.9. The smallest absolute Gasteiger partial charge is 0.321 e. The van der Waals surface area contributed by atoms with Crippen LogP contribution in [0, 0.1) is 24.6 Å². The number of hydrogen-bond donors (Lipinski definition) is 2. The highest BCUT2D eigenvalue weighted by atomic mass is 79.9. The number of piperidine rings is 1. The molecule has 1 heterocycles. The molecular weight excluding hydrogens is 355 g/mol. The third-order valence-electron chi connectivity index (χ3n) is 3.81. The highest BCUT2D eigenvalue weighted by molar-refractivity contribution is 9.10.